The molecule has 1 fully saturated rings. The second-order valence-corrected chi connectivity index (χ2v) is 7.01. The van der Waals surface area contributed by atoms with Crippen LogP contribution in [0.5, 0.6) is 0 Å². The number of nitrogens with zero attached hydrogens (tertiary/aromatic N) is 4. The van der Waals surface area contributed by atoms with Gasteiger partial charge in [-0.3, -0.25) is 9.89 Å². The molecule has 0 spiro atoms. The molecule has 0 saturated carbocycles. The quantitative estimate of drug-likeness (QED) is 0.913. The first-order chi connectivity index (χ1) is 11.9. The summed E-state index contributed by atoms with van der Waals surface area (Å²) in [6.07, 6.45) is -0.396. The number of aromatic amines is 1. The molecule has 2 aromatic heterocycles. The molecule has 1 amide bonds. The molecule has 8 nitrogen and oxygen atoms in total. The van der Waals surface area contributed by atoms with E-state index < -0.39 is 6.10 Å². The number of nitrogens with one attached hydrogen (secondary N) is 1. The van der Waals surface area contributed by atoms with Gasteiger partial charge in [-0.1, -0.05) is 27.7 Å². The smallest absolute Gasteiger partial charge is 0.257 e. The molecule has 0 bridgehead atoms. The van der Waals surface area contributed by atoms with E-state index in [9.17, 15) is 4.79 Å². The molecule has 1 unspecified atom stereocenters. The van der Waals surface area contributed by atoms with Crippen LogP contribution in [-0.4, -0.2) is 50.9 Å². The van der Waals surface area contributed by atoms with Crippen LogP contribution < -0.4 is 0 Å². The van der Waals surface area contributed by atoms with Crippen molar-refractivity contribution in [1.29, 1.82) is 0 Å². The molecule has 1 N–H and O–H groups in total. The predicted molar refractivity (Wildman–Crippen MR) is 90.4 cm³/mol. The summed E-state index contributed by atoms with van der Waals surface area (Å²) in [6, 6.07) is 0. The van der Waals surface area contributed by atoms with E-state index in [-0.39, 0.29) is 17.7 Å². The van der Waals surface area contributed by atoms with Gasteiger partial charge in [0.2, 0.25) is 11.8 Å². The van der Waals surface area contributed by atoms with Crippen molar-refractivity contribution in [1.82, 2.24) is 25.3 Å². The van der Waals surface area contributed by atoms with Crippen molar-refractivity contribution < 1.29 is 13.9 Å². The summed E-state index contributed by atoms with van der Waals surface area (Å²) in [7, 11) is 0. The van der Waals surface area contributed by atoms with Crippen molar-refractivity contribution >= 4 is 5.91 Å². The maximum Gasteiger partial charge on any atom is 0.257 e. The molecule has 1 atom stereocenters. The lowest BCUT2D eigenvalue weighted by atomic mass is 10.0. The van der Waals surface area contributed by atoms with Gasteiger partial charge in [-0.2, -0.15) is 5.10 Å². The Morgan fingerprint density at radius 2 is 2.00 bits per heavy atom. The van der Waals surface area contributed by atoms with E-state index in [1.165, 1.54) is 0 Å². The van der Waals surface area contributed by atoms with E-state index in [0.717, 1.165) is 11.4 Å². The average molecular weight is 347 g/mol. The van der Waals surface area contributed by atoms with Crippen molar-refractivity contribution in [3.63, 3.8) is 0 Å². The Morgan fingerprint density at radius 1 is 1.24 bits per heavy atom. The third kappa shape index (κ3) is 3.44. The van der Waals surface area contributed by atoms with Gasteiger partial charge in [0.05, 0.1) is 24.4 Å². The van der Waals surface area contributed by atoms with E-state index in [1.807, 2.05) is 34.6 Å². The van der Waals surface area contributed by atoms with Crippen LogP contribution in [0, 0.1) is 6.92 Å². The Labute approximate surface area is 146 Å². The molecular weight excluding hydrogens is 322 g/mol. The molecule has 1 saturated heterocycles. The lowest BCUT2D eigenvalue weighted by Crippen LogP contribution is -2.42. The molecule has 8 heteroatoms. The summed E-state index contributed by atoms with van der Waals surface area (Å²) < 4.78 is 11.4. The number of H-pyrrole nitrogens is 1. The van der Waals surface area contributed by atoms with Gasteiger partial charge in [0.15, 0.2) is 6.10 Å². The normalized spacial score (nSPS) is 18.4. The van der Waals surface area contributed by atoms with Crippen LogP contribution in [0.15, 0.2) is 4.42 Å². The van der Waals surface area contributed by atoms with Crippen molar-refractivity contribution in [3.05, 3.63) is 28.7 Å². The average Bonchev–Trinajstić information content (AvgIpc) is 3.21. The third-order valence-corrected chi connectivity index (χ3v) is 4.32. The molecule has 25 heavy (non-hydrogen) atoms. The van der Waals surface area contributed by atoms with Crippen LogP contribution in [0.25, 0.3) is 0 Å². The van der Waals surface area contributed by atoms with E-state index in [1.54, 1.807) is 4.90 Å². The van der Waals surface area contributed by atoms with Crippen LogP contribution in [0.1, 0.15) is 79.2 Å². The van der Waals surface area contributed by atoms with Crippen molar-refractivity contribution in [2.45, 2.75) is 52.6 Å². The van der Waals surface area contributed by atoms with Gasteiger partial charge >= 0.3 is 0 Å². The number of carbonyl (C=O) groups excluding carboxylic acids is 1. The summed E-state index contributed by atoms with van der Waals surface area (Å²) in [5, 5.41) is 15.3. The standard InChI is InChI=1S/C17H25N5O3/c1-9(2)14-13(11(5)18-19-14)17(23)22-6-7-24-12(8-22)16-21-20-15(25-16)10(3)4/h9-10,12H,6-8H2,1-5H3,(H,18,19). The molecule has 0 radical (unpaired) electrons. The number of carbonyl (C=O) groups is 1. The number of aryl methyl sites for hydroxylation is 1. The van der Waals surface area contributed by atoms with Gasteiger partial charge in [0, 0.05) is 18.2 Å². The fraction of sp³-hybridized carbons (Fsp3) is 0.647. The van der Waals surface area contributed by atoms with Gasteiger partial charge in [-0.25, -0.2) is 0 Å². The summed E-state index contributed by atoms with van der Waals surface area (Å²) in [6.45, 7) is 11.3. The number of morpholine rings is 1. The third-order valence-electron chi connectivity index (χ3n) is 4.32. The molecule has 3 heterocycles. The molecule has 136 valence electrons. The first kappa shape index (κ1) is 17.6. The van der Waals surface area contributed by atoms with Gasteiger partial charge < -0.3 is 14.1 Å². The minimum absolute atomic E-state index is 0.0353. The lowest BCUT2D eigenvalue weighted by molar-refractivity contribution is -0.0351. The minimum Gasteiger partial charge on any atom is -0.422 e. The van der Waals surface area contributed by atoms with E-state index in [4.69, 9.17) is 9.15 Å². The highest BCUT2D eigenvalue weighted by atomic mass is 16.5. The second-order valence-electron chi connectivity index (χ2n) is 7.01. The molecular formula is C17H25N5O3. The van der Waals surface area contributed by atoms with Crippen molar-refractivity contribution in [2.75, 3.05) is 19.7 Å². The number of hydrogen-bond acceptors (Lipinski definition) is 6. The van der Waals surface area contributed by atoms with E-state index in [2.05, 4.69) is 20.4 Å². The fourth-order valence-corrected chi connectivity index (χ4v) is 2.89. The minimum atomic E-state index is -0.396. The summed E-state index contributed by atoms with van der Waals surface area (Å²) in [5.41, 5.74) is 2.24. The number of ether oxygens (including phenoxy) is 1. The summed E-state index contributed by atoms with van der Waals surface area (Å²) >= 11 is 0. The Bertz CT molecular complexity index is 749. The van der Waals surface area contributed by atoms with Crippen molar-refractivity contribution in [3.8, 4) is 0 Å². The molecule has 1 aliphatic rings. The number of rotatable bonds is 4. The molecule has 1 aliphatic heterocycles. The number of amides is 1. The monoisotopic (exact) mass is 347 g/mol. The maximum absolute atomic E-state index is 13.0. The Morgan fingerprint density at radius 3 is 2.64 bits per heavy atom. The zero-order valence-corrected chi connectivity index (χ0v) is 15.4. The second kappa shape index (κ2) is 6.95. The Hall–Kier alpha value is -2.22. The van der Waals surface area contributed by atoms with Gasteiger partial charge in [0.25, 0.3) is 5.91 Å². The van der Waals surface area contributed by atoms with Gasteiger partial charge in [-0.05, 0) is 12.8 Å². The largest absolute Gasteiger partial charge is 0.422 e. The number of aromatic nitrogens is 4. The van der Waals surface area contributed by atoms with E-state index >= 15 is 0 Å². The SMILES string of the molecule is Cc1[nH]nc(C(C)C)c1C(=O)N1CCOC(c2nnc(C(C)C)o2)C1. The first-order valence-corrected chi connectivity index (χ1v) is 8.67. The van der Waals surface area contributed by atoms with Gasteiger partial charge in [-0.15, -0.1) is 10.2 Å². The molecule has 0 aliphatic carbocycles. The topological polar surface area (TPSA) is 97.1 Å². The number of hydrogen-bond donors (Lipinski definition) is 1. The van der Waals surface area contributed by atoms with Crippen LogP contribution in [0.3, 0.4) is 0 Å². The Balaban J connectivity index is 1.79. The highest BCUT2D eigenvalue weighted by Gasteiger charge is 2.32. The van der Waals surface area contributed by atoms with Crippen LogP contribution in [0.2, 0.25) is 0 Å². The molecule has 2 aromatic rings. The van der Waals surface area contributed by atoms with Crippen LogP contribution >= 0.6 is 0 Å². The summed E-state index contributed by atoms with van der Waals surface area (Å²) in [4.78, 5) is 14.8. The van der Waals surface area contributed by atoms with Gasteiger partial charge in [0.1, 0.15) is 0 Å². The molecule has 3 rings (SSSR count). The maximum atomic E-state index is 13.0. The first-order valence-electron chi connectivity index (χ1n) is 8.67. The van der Waals surface area contributed by atoms with E-state index in [0.29, 0.717) is 37.0 Å². The van der Waals surface area contributed by atoms with Crippen LogP contribution in [-0.2, 0) is 4.74 Å². The predicted octanol–water partition coefficient (Wildman–Crippen LogP) is 2.56. The highest BCUT2D eigenvalue weighted by Crippen LogP contribution is 2.26. The summed E-state index contributed by atoms with van der Waals surface area (Å²) in [5.74, 6) is 1.30. The van der Waals surface area contributed by atoms with Crippen LogP contribution in [0.4, 0.5) is 0 Å². The highest BCUT2D eigenvalue weighted by molar-refractivity contribution is 5.96. The molecule has 0 aromatic carbocycles. The fourth-order valence-electron chi connectivity index (χ4n) is 2.89. The zero-order chi connectivity index (χ0) is 18.1. The lowest BCUT2D eigenvalue weighted by Gasteiger charge is -2.31. The Kier molecular flexibility index (Phi) is 4.89. The zero-order valence-electron chi connectivity index (χ0n) is 15.4. The van der Waals surface area contributed by atoms with Crippen molar-refractivity contribution in [2.24, 2.45) is 0 Å².